The van der Waals surface area contributed by atoms with Crippen LogP contribution >= 0.6 is 15.9 Å². The summed E-state index contributed by atoms with van der Waals surface area (Å²) < 4.78 is 8.55. The second-order valence-corrected chi connectivity index (χ2v) is 8.53. The number of amides is 3. The number of benzene rings is 1. The smallest absolute Gasteiger partial charge is 0.392 e. The van der Waals surface area contributed by atoms with Crippen molar-refractivity contribution in [3.05, 3.63) is 58.5 Å². The Morgan fingerprint density at radius 1 is 1.23 bits per heavy atom. The first-order valence-electron chi connectivity index (χ1n) is 9.86. The number of amidine groups is 1. The maximum Gasteiger partial charge on any atom is 0.392 e. The van der Waals surface area contributed by atoms with Crippen LogP contribution in [0.2, 0.25) is 0 Å². The molecule has 4 heterocycles. The van der Waals surface area contributed by atoms with Gasteiger partial charge in [0.05, 0.1) is 25.9 Å². The zero-order chi connectivity index (χ0) is 20.8. The normalized spacial score (nSPS) is 21.2. The van der Waals surface area contributed by atoms with E-state index in [1.54, 1.807) is 13.3 Å². The summed E-state index contributed by atoms with van der Waals surface area (Å²) >= 11 is 3.41. The lowest BCUT2D eigenvalue weighted by Gasteiger charge is -2.35. The number of rotatable bonds is 4. The van der Waals surface area contributed by atoms with Crippen LogP contribution in [-0.2, 0) is 17.9 Å². The van der Waals surface area contributed by atoms with Gasteiger partial charge in [-0.05, 0) is 29.8 Å². The maximum atomic E-state index is 13.4. The van der Waals surface area contributed by atoms with E-state index in [1.165, 1.54) is 9.80 Å². The number of urea groups is 1. The topological polar surface area (TPSA) is 72.4 Å². The number of likely N-dealkylation sites (N-methyl/N-ethyl adjacent to an activating group) is 1. The lowest BCUT2D eigenvalue weighted by atomic mass is 10.1. The van der Waals surface area contributed by atoms with Gasteiger partial charge in [-0.1, -0.05) is 33.1 Å². The molecule has 2 aromatic rings. The molecule has 3 aliphatic heterocycles. The largest absolute Gasteiger partial charge is 0.466 e. The number of furan rings is 1. The van der Waals surface area contributed by atoms with Gasteiger partial charge in [0, 0.05) is 17.9 Å². The Morgan fingerprint density at radius 2 is 2.03 bits per heavy atom. The van der Waals surface area contributed by atoms with Crippen molar-refractivity contribution in [3.8, 4) is 0 Å². The minimum absolute atomic E-state index is 0.227. The van der Waals surface area contributed by atoms with E-state index in [0.29, 0.717) is 12.4 Å². The van der Waals surface area contributed by atoms with Crippen molar-refractivity contribution in [2.75, 3.05) is 20.1 Å². The van der Waals surface area contributed by atoms with E-state index in [9.17, 15) is 9.59 Å². The molecule has 30 heavy (non-hydrogen) atoms. The van der Waals surface area contributed by atoms with Gasteiger partial charge in [0.1, 0.15) is 12.3 Å². The Morgan fingerprint density at radius 3 is 2.77 bits per heavy atom. The molecule has 1 unspecified atom stereocenters. The third-order valence-corrected chi connectivity index (χ3v) is 6.21. The van der Waals surface area contributed by atoms with E-state index in [4.69, 9.17) is 9.41 Å². The summed E-state index contributed by atoms with van der Waals surface area (Å²) in [6, 6.07) is 10.5. The number of imide groups is 1. The van der Waals surface area contributed by atoms with Gasteiger partial charge < -0.3 is 4.42 Å². The second-order valence-electron chi connectivity index (χ2n) is 7.61. The maximum absolute atomic E-state index is 13.4. The molecule has 1 saturated heterocycles. The van der Waals surface area contributed by atoms with Crippen LogP contribution in [0.4, 0.5) is 4.79 Å². The predicted octanol–water partition coefficient (Wildman–Crippen LogP) is 2.49. The fraction of sp³-hybridized carbons (Fsp3) is 0.333. The molecule has 1 atom stereocenters. The van der Waals surface area contributed by atoms with Crippen molar-refractivity contribution in [1.82, 2.24) is 14.7 Å². The number of nitrogens with zero attached hydrogens (tertiary/aromatic N) is 5. The van der Waals surface area contributed by atoms with E-state index in [-0.39, 0.29) is 18.5 Å². The number of carbonyl (C=O) groups is 2. The van der Waals surface area contributed by atoms with E-state index >= 15 is 0 Å². The van der Waals surface area contributed by atoms with Crippen LogP contribution in [0, 0.1) is 0 Å². The third kappa shape index (κ3) is 3.13. The minimum atomic E-state index is -0.572. The van der Waals surface area contributed by atoms with Crippen LogP contribution < -0.4 is 0 Å². The monoisotopic (exact) mass is 470 g/mol. The van der Waals surface area contributed by atoms with E-state index in [0.717, 1.165) is 41.3 Å². The summed E-state index contributed by atoms with van der Waals surface area (Å²) in [6.07, 6.45) is 2.55. The quantitative estimate of drug-likeness (QED) is 0.643. The molecule has 1 aromatic carbocycles. The highest BCUT2D eigenvalue weighted by molar-refractivity contribution is 9.10. The average Bonchev–Trinajstić information content (AvgIpc) is 3.39. The lowest BCUT2D eigenvalue weighted by molar-refractivity contribution is -0.556. The molecule has 0 N–H and O–H groups in total. The number of hydrogen-bond donors (Lipinski definition) is 0. The molecule has 8 nitrogen and oxygen atoms in total. The predicted molar refractivity (Wildman–Crippen MR) is 113 cm³/mol. The van der Waals surface area contributed by atoms with Gasteiger partial charge in [-0.2, -0.15) is 0 Å². The molecular formula is C21H21BrN5O3+. The molecule has 0 aliphatic carbocycles. The van der Waals surface area contributed by atoms with Gasteiger partial charge in [0.25, 0.3) is 5.91 Å². The summed E-state index contributed by atoms with van der Waals surface area (Å²) in [7, 11) is 1.69. The third-order valence-electron chi connectivity index (χ3n) is 5.68. The standard InChI is InChI=1S/C21H21BrN5O3/c1-24-18-17(19(28)27(21(24)29)12-14-5-7-15(22)8-6-14)26-10-3-9-25(20(26)23-18)13-16-4-2-11-30-16/h2,4-8,11,17H,3,9-10,12-13H2,1H3/q+1. The highest BCUT2D eigenvalue weighted by atomic mass is 79.9. The molecule has 1 aromatic heterocycles. The summed E-state index contributed by atoms with van der Waals surface area (Å²) in [4.78, 5) is 35.9. The van der Waals surface area contributed by atoms with Gasteiger partial charge in [-0.25, -0.2) is 9.69 Å². The molecule has 5 rings (SSSR count). The average molecular weight is 471 g/mol. The Hall–Kier alpha value is -2.94. The van der Waals surface area contributed by atoms with E-state index < -0.39 is 6.04 Å². The van der Waals surface area contributed by atoms with Gasteiger partial charge in [-0.15, -0.1) is 0 Å². The molecule has 154 valence electrons. The van der Waals surface area contributed by atoms with Gasteiger partial charge in [0.2, 0.25) is 11.9 Å². The summed E-state index contributed by atoms with van der Waals surface area (Å²) in [5.74, 6) is 1.84. The molecule has 0 radical (unpaired) electrons. The zero-order valence-electron chi connectivity index (χ0n) is 16.5. The van der Waals surface area contributed by atoms with Crippen LogP contribution in [0.15, 0.2) is 56.5 Å². The SMILES string of the molecule is CN1C(=O)N(Cc2ccc(Br)cc2)C(=O)C2C1=NC1=[N+](Cc3ccco3)CCCN12. The molecule has 0 bridgehead atoms. The number of hydrogen-bond acceptors (Lipinski definition) is 5. The molecule has 0 saturated carbocycles. The van der Waals surface area contributed by atoms with Crippen LogP contribution in [0.25, 0.3) is 0 Å². The summed E-state index contributed by atoms with van der Waals surface area (Å²) in [5.41, 5.74) is 0.897. The minimum Gasteiger partial charge on any atom is -0.466 e. The van der Waals surface area contributed by atoms with Crippen molar-refractivity contribution in [2.45, 2.75) is 25.6 Å². The molecule has 0 spiro atoms. The van der Waals surface area contributed by atoms with Crippen molar-refractivity contribution in [1.29, 1.82) is 0 Å². The van der Waals surface area contributed by atoms with Crippen molar-refractivity contribution >= 4 is 39.7 Å². The van der Waals surface area contributed by atoms with Crippen molar-refractivity contribution < 1.29 is 18.6 Å². The first-order valence-corrected chi connectivity index (χ1v) is 10.7. The summed E-state index contributed by atoms with van der Waals surface area (Å²) in [6.45, 7) is 2.36. The van der Waals surface area contributed by atoms with E-state index in [2.05, 4.69) is 20.5 Å². The number of aliphatic imine (C=N–C) groups is 1. The number of carbonyl (C=O) groups excluding carboxylic acids is 2. The molecule has 3 aliphatic rings. The van der Waals surface area contributed by atoms with Crippen LogP contribution in [-0.4, -0.2) is 69.2 Å². The van der Waals surface area contributed by atoms with Crippen molar-refractivity contribution in [3.63, 3.8) is 0 Å². The molecule has 1 fully saturated rings. The Bertz CT molecular complexity index is 1060. The zero-order valence-corrected chi connectivity index (χ0v) is 18.1. The summed E-state index contributed by atoms with van der Waals surface area (Å²) in [5, 5.41) is 0. The van der Waals surface area contributed by atoms with Crippen LogP contribution in [0.3, 0.4) is 0 Å². The van der Waals surface area contributed by atoms with Gasteiger partial charge >= 0.3 is 12.0 Å². The molecular weight excluding hydrogens is 450 g/mol. The Labute approximate surface area is 182 Å². The lowest BCUT2D eigenvalue weighted by Crippen LogP contribution is -2.64. The fourth-order valence-corrected chi connectivity index (χ4v) is 4.44. The highest BCUT2D eigenvalue weighted by Gasteiger charge is 2.56. The number of guanidine groups is 1. The van der Waals surface area contributed by atoms with Gasteiger partial charge in [-0.3, -0.25) is 19.2 Å². The Balaban J connectivity index is 1.47. The van der Waals surface area contributed by atoms with Crippen LogP contribution in [0.5, 0.6) is 0 Å². The molecule has 3 amide bonds. The number of fused-ring (bicyclic) bond motifs is 3. The Kier molecular flexibility index (Phi) is 4.69. The number of halogens is 1. The fourth-order valence-electron chi connectivity index (χ4n) is 4.18. The first-order chi connectivity index (χ1) is 14.5. The van der Waals surface area contributed by atoms with Crippen molar-refractivity contribution in [2.24, 2.45) is 4.99 Å². The molecule has 9 heteroatoms. The van der Waals surface area contributed by atoms with E-state index in [1.807, 2.05) is 41.3 Å². The van der Waals surface area contributed by atoms with Gasteiger partial charge in [0.15, 0.2) is 0 Å². The highest BCUT2D eigenvalue weighted by Crippen LogP contribution is 2.27. The first kappa shape index (κ1) is 19.0. The second kappa shape index (κ2) is 7.39. The van der Waals surface area contributed by atoms with Crippen LogP contribution in [0.1, 0.15) is 17.7 Å².